The van der Waals surface area contributed by atoms with Crippen molar-refractivity contribution in [2.24, 2.45) is 0 Å². The van der Waals surface area contributed by atoms with E-state index >= 15 is 0 Å². The number of halogens is 2. The van der Waals surface area contributed by atoms with Gasteiger partial charge in [-0.25, -0.2) is 9.97 Å². The molecule has 6 heteroatoms. The zero-order chi connectivity index (χ0) is 14.7. The van der Waals surface area contributed by atoms with Crippen LogP contribution in [0.2, 0.25) is 0 Å². The van der Waals surface area contributed by atoms with E-state index in [0.29, 0.717) is 12.1 Å². The molecule has 3 aliphatic rings. The van der Waals surface area contributed by atoms with Crippen LogP contribution < -0.4 is 10.2 Å². The molecule has 2 bridgehead atoms. The first-order chi connectivity index (χ1) is 10.8. The van der Waals surface area contributed by atoms with Crippen LogP contribution in [0.1, 0.15) is 36.1 Å². The van der Waals surface area contributed by atoms with Crippen LogP contribution in [0.15, 0.2) is 12.1 Å². The number of benzene rings is 1. The normalized spacial score (nSPS) is 24.5. The molecule has 2 aromatic rings. The van der Waals surface area contributed by atoms with Crippen molar-refractivity contribution in [2.45, 2.75) is 51.1 Å². The molecule has 0 amide bonds. The van der Waals surface area contributed by atoms with Crippen molar-refractivity contribution in [1.29, 1.82) is 0 Å². The first-order valence-electron chi connectivity index (χ1n) is 8.59. The number of piperazine rings is 1. The van der Waals surface area contributed by atoms with Gasteiger partial charge in [0.25, 0.3) is 0 Å². The quantitative estimate of drug-likeness (QED) is 0.841. The van der Waals surface area contributed by atoms with Crippen LogP contribution in [0.25, 0.3) is 10.9 Å². The van der Waals surface area contributed by atoms with Crippen LogP contribution in [-0.4, -0.2) is 35.1 Å². The second kappa shape index (κ2) is 6.66. The van der Waals surface area contributed by atoms with Gasteiger partial charge in [0.15, 0.2) is 0 Å². The Labute approximate surface area is 155 Å². The lowest BCUT2D eigenvalue weighted by Gasteiger charge is -2.35. The number of aryl methyl sites for hydroxylation is 3. The number of aromatic nitrogens is 2. The van der Waals surface area contributed by atoms with Gasteiger partial charge in [0.2, 0.25) is 5.95 Å². The molecule has 1 aromatic heterocycles. The third-order valence-electron chi connectivity index (χ3n) is 5.70. The Morgan fingerprint density at radius 1 is 1.00 bits per heavy atom. The summed E-state index contributed by atoms with van der Waals surface area (Å²) in [4.78, 5) is 12.3. The first kappa shape index (κ1) is 17.7. The van der Waals surface area contributed by atoms with E-state index in [9.17, 15) is 0 Å². The summed E-state index contributed by atoms with van der Waals surface area (Å²) < 4.78 is 0. The van der Waals surface area contributed by atoms with Crippen LogP contribution in [0, 0.1) is 6.92 Å². The third-order valence-corrected chi connectivity index (χ3v) is 5.70. The van der Waals surface area contributed by atoms with Crippen molar-refractivity contribution in [1.82, 2.24) is 15.3 Å². The standard InChI is InChI=1S/C18H22N4.2ClH/c1-11-16-7-12-3-2-4-13(12)8-17(16)21-18(20-11)22-14-5-6-15(22)10-19-9-14;;/h7-8,14-15,19H,2-6,9-10H2,1H3;2*1H/t14-,15+;;. The average Bonchev–Trinajstić information content (AvgIpc) is 3.07. The summed E-state index contributed by atoms with van der Waals surface area (Å²) in [6, 6.07) is 5.80. The van der Waals surface area contributed by atoms with Crippen molar-refractivity contribution >= 4 is 41.7 Å². The molecular formula is C18H24Cl2N4. The largest absolute Gasteiger partial charge is 0.332 e. The first-order valence-corrected chi connectivity index (χ1v) is 8.59. The molecular weight excluding hydrogens is 343 g/mol. The van der Waals surface area contributed by atoms with Gasteiger partial charge in [-0.3, -0.25) is 0 Å². The fraction of sp³-hybridized carbons (Fsp3) is 0.556. The van der Waals surface area contributed by atoms with Crippen molar-refractivity contribution in [3.63, 3.8) is 0 Å². The average molecular weight is 367 g/mol. The molecule has 2 saturated heterocycles. The molecule has 5 rings (SSSR count). The van der Waals surface area contributed by atoms with E-state index in [0.717, 1.165) is 30.2 Å². The highest BCUT2D eigenvalue weighted by molar-refractivity contribution is 5.86. The predicted octanol–water partition coefficient (Wildman–Crippen LogP) is 3.21. The predicted molar refractivity (Wildman–Crippen MR) is 103 cm³/mol. The Kier molecular flexibility index (Phi) is 4.92. The summed E-state index contributed by atoms with van der Waals surface area (Å²) in [6.45, 7) is 4.28. The minimum absolute atomic E-state index is 0. The number of rotatable bonds is 1. The summed E-state index contributed by atoms with van der Waals surface area (Å²) in [5.41, 5.74) is 5.28. The SMILES string of the molecule is Cc1nc(N2[C@@H]3CC[C@H]2CNC3)nc2cc3c(cc12)CCC3.Cl.Cl. The highest BCUT2D eigenvalue weighted by atomic mass is 35.5. The summed E-state index contributed by atoms with van der Waals surface area (Å²) in [5.74, 6) is 0.956. The summed E-state index contributed by atoms with van der Waals surface area (Å²) >= 11 is 0. The minimum atomic E-state index is 0. The van der Waals surface area contributed by atoms with E-state index in [2.05, 4.69) is 29.3 Å². The van der Waals surface area contributed by atoms with Crippen LogP contribution >= 0.6 is 24.8 Å². The zero-order valence-electron chi connectivity index (χ0n) is 13.9. The summed E-state index contributed by atoms with van der Waals surface area (Å²) in [5, 5.41) is 4.78. The second-order valence-electron chi connectivity index (χ2n) is 7.05. The number of nitrogens with one attached hydrogen (secondary N) is 1. The molecule has 0 spiro atoms. The zero-order valence-corrected chi connectivity index (χ0v) is 15.6. The number of hydrogen-bond donors (Lipinski definition) is 1. The highest BCUT2D eigenvalue weighted by Gasteiger charge is 2.38. The van der Waals surface area contributed by atoms with Gasteiger partial charge in [-0.15, -0.1) is 24.8 Å². The van der Waals surface area contributed by atoms with Gasteiger partial charge >= 0.3 is 0 Å². The Morgan fingerprint density at radius 3 is 2.38 bits per heavy atom. The Hall–Kier alpha value is -1.10. The molecule has 0 unspecified atom stereocenters. The number of hydrogen-bond acceptors (Lipinski definition) is 4. The maximum Gasteiger partial charge on any atom is 0.226 e. The molecule has 4 nitrogen and oxygen atoms in total. The summed E-state index contributed by atoms with van der Waals surface area (Å²) in [7, 11) is 0. The Balaban J connectivity index is 0.000000845. The van der Waals surface area contributed by atoms with E-state index in [4.69, 9.17) is 9.97 Å². The van der Waals surface area contributed by atoms with Crippen molar-refractivity contribution in [3.8, 4) is 0 Å². The number of anilines is 1. The lowest BCUT2D eigenvalue weighted by molar-refractivity contribution is 0.477. The molecule has 1 N–H and O–H groups in total. The van der Waals surface area contributed by atoms with Gasteiger partial charge in [-0.2, -0.15) is 0 Å². The minimum Gasteiger partial charge on any atom is -0.332 e. The van der Waals surface area contributed by atoms with E-state index in [-0.39, 0.29) is 24.8 Å². The molecule has 1 aliphatic carbocycles. The Bertz CT molecular complexity index is 748. The van der Waals surface area contributed by atoms with Crippen LogP contribution in [0.3, 0.4) is 0 Å². The third kappa shape index (κ3) is 2.65. The number of nitrogens with zero attached hydrogens (tertiary/aromatic N) is 3. The second-order valence-corrected chi connectivity index (χ2v) is 7.05. The van der Waals surface area contributed by atoms with Gasteiger partial charge in [0.05, 0.1) is 11.2 Å². The lowest BCUT2D eigenvalue weighted by Crippen LogP contribution is -2.52. The Morgan fingerprint density at radius 2 is 1.67 bits per heavy atom. The maximum absolute atomic E-state index is 4.97. The summed E-state index contributed by atoms with van der Waals surface area (Å²) in [6.07, 6.45) is 6.24. The topological polar surface area (TPSA) is 41.1 Å². The lowest BCUT2D eigenvalue weighted by atomic mass is 10.1. The molecule has 2 atom stereocenters. The molecule has 2 aliphatic heterocycles. The van der Waals surface area contributed by atoms with E-state index in [1.54, 1.807) is 0 Å². The van der Waals surface area contributed by atoms with Gasteiger partial charge in [-0.05, 0) is 62.3 Å². The van der Waals surface area contributed by atoms with Gasteiger partial charge < -0.3 is 10.2 Å². The molecule has 1 aromatic carbocycles. The van der Waals surface area contributed by atoms with Crippen LogP contribution in [0.4, 0.5) is 5.95 Å². The molecule has 0 radical (unpaired) electrons. The molecule has 130 valence electrons. The molecule has 2 fully saturated rings. The maximum atomic E-state index is 4.97. The van der Waals surface area contributed by atoms with E-state index in [1.807, 2.05) is 0 Å². The highest BCUT2D eigenvalue weighted by Crippen LogP contribution is 2.33. The van der Waals surface area contributed by atoms with Gasteiger partial charge in [0, 0.05) is 30.6 Å². The molecule has 3 heterocycles. The van der Waals surface area contributed by atoms with Crippen molar-refractivity contribution in [3.05, 3.63) is 29.0 Å². The van der Waals surface area contributed by atoms with Gasteiger partial charge in [0.1, 0.15) is 0 Å². The van der Waals surface area contributed by atoms with Crippen molar-refractivity contribution < 1.29 is 0 Å². The van der Waals surface area contributed by atoms with Crippen molar-refractivity contribution in [2.75, 3.05) is 18.0 Å². The molecule has 0 saturated carbocycles. The number of fused-ring (bicyclic) bond motifs is 4. The monoisotopic (exact) mass is 366 g/mol. The smallest absolute Gasteiger partial charge is 0.226 e. The molecule has 24 heavy (non-hydrogen) atoms. The van der Waals surface area contributed by atoms with Crippen LogP contribution in [-0.2, 0) is 12.8 Å². The van der Waals surface area contributed by atoms with Crippen LogP contribution in [0.5, 0.6) is 0 Å². The van der Waals surface area contributed by atoms with E-state index in [1.165, 1.54) is 48.6 Å². The van der Waals surface area contributed by atoms with E-state index < -0.39 is 0 Å². The van der Waals surface area contributed by atoms with Gasteiger partial charge in [-0.1, -0.05) is 0 Å². The fourth-order valence-electron chi connectivity index (χ4n) is 4.56. The fourth-order valence-corrected chi connectivity index (χ4v) is 4.56.